The second-order valence-electron chi connectivity index (χ2n) is 6.06. The van der Waals surface area contributed by atoms with Crippen molar-refractivity contribution in [3.63, 3.8) is 0 Å². The van der Waals surface area contributed by atoms with E-state index in [1.165, 1.54) is 0 Å². The summed E-state index contributed by atoms with van der Waals surface area (Å²) >= 11 is 0. The first-order valence-corrected chi connectivity index (χ1v) is 7.06. The van der Waals surface area contributed by atoms with Gasteiger partial charge in [-0.25, -0.2) is 0 Å². The van der Waals surface area contributed by atoms with Gasteiger partial charge in [0.05, 0.1) is 0 Å². The van der Waals surface area contributed by atoms with Crippen LogP contribution in [-0.2, 0) is 4.79 Å². The van der Waals surface area contributed by atoms with E-state index in [-0.39, 0.29) is 5.91 Å². The van der Waals surface area contributed by atoms with Crippen molar-refractivity contribution in [3.8, 4) is 0 Å². The molecule has 1 fully saturated rings. The van der Waals surface area contributed by atoms with Crippen molar-refractivity contribution in [1.82, 2.24) is 15.1 Å². The highest BCUT2D eigenvalue weighted by Crippen LogP contribution is 2.13. The molecule has 1 atom stereocenters. The van der Waals surface area contributed by atoms with Crippen LogP contribution in [0.1, 0.15) is 33.6 Å². The molecule has 1 N–H and O–H groups in total. The average Bonchev–Trinajstić information content (AvgIpc) is 2.28. The summed E-state index contributed by atoms with van der Waals surface area (Å²) in [7, 11) is 4.24. The molecule has 0 spiro atoms. The van der Waals surface area contributed by atoms with Crippen LogP contribution in [0.5, 0.6) is 0 Å². The maximum absolute atomic E-state index is 11.3. The van der Waals surface area contributed by atoms with Gasteiger partial charge >= 0.3 is 0 Å². The van der Waals surface area contributed by atoms with Crippen LogP contribution in [0.25, 0.3) is 0 Å². The van der Waals surface area contributed by atoms with Crippen LogP contribution in [0.3, 0.4) is 0 Å². The molecule has 0 bridgehead atoms. The van der Waals surface area contributed by atoms with Crippen LogP contribution in [0.15, 0.2) is 0 Å². The highest BCUT2D eigenvalue weighted by Gasteiger charge is 2.24. The zero-order chi connectivity index (χ0) is 13.7. The molecule has 1 saturated heterocycles. The first-order chi connectivity index (χ1) is 8.40. The fourth-order valence-corrected chi connectivity index (χ4v) is 2.51. The van der Waals surface area contributed by atoms with Gasteiger partial charge in [0.2, 0.25) is 5.91 Å². The average molecular weight is 255 g/mol. The van der Waals surface area contributed by atoms with Gasteiger partial charge in [-0.3, -0.25) is 4.79 Å². The Labute approximate surface area is 112 Å². The summed E-state index contributed by atoms with van der Waals surface area (Å²) in [6, 6.07) is 1.10. The molecular formula is C14H29N3O. The summed E-state index contributed by atoms with van der Waals surface area (Å²) in [6.07, 6.45) is 2.16. The van der Waals surface area contributed by atoms with E-state index < -0.39 is 0 Å². The highest BCUT2D eigenvalue weighted by molar-refractivity contribution is 5.73. The van der Waals surface area contributed by atoms with Crippen molar-refractivity contribution in [2.45, 2.75) is 45.7 Å². The van der Waals surface area contributed by atoms with Gasteiger partial charge in [-0.1, -0.05) is 13.8 Å². The number of carbonyl (C=O) groups excluding carboxylic acids is 1. The number of likely N-dealkylation sites (tertiary alicyclic amines) is 1. The first-order valence-electron chi connectivity index (χ1n) is 7.06. The van der Waals surface area contributed by atoms with E-state index in [0.717, 1.165) is 32.5 Å². The Hall–Kier alpha value is -0.610. The van der Waals surface area contributed by atoms with Crippen molar-refractivity contribution in [1.29, 1.82) is 0 Å². The van der Waals surface area contributed by atoms with Crippen LogP contribution in [0.4, 0.5) is 0 Å². The van der Waals surface area contributed by atoms with Gasteiger partial charge < -0.3 is 15.1 Å². The lowest BCUT2D eigenvalue weighted by Crippen LogP contribution is -2.51. The zero-order valence-corrected chi connectivity index (χ0v) is 12.6. The van der Waals surface area contributed by atoms with E-state index in [4.69, 9.17) is 0 Å². The molecule has 4 nitrogen and oxygen atoms in total. The lowest BCUT2D eigenvalue weighted by atomic mass is 9.99. The number of amides is 1. The Morgan fingerprint density at radius 2 is 1.89 bits per heavy atom. The Morgan fingerprint density at radius 3 is 2.28 bits per heavy atom. The van der Waals surface area contributed by atoms with Crippen molar-refractivity contribution in [2.24, 2.45) is 5.92 Å². The summed E-state index contributed by atoms with van der Waals surface area (Å²) < 4.78 is 0. The SMILES string of the molecule is CC(=O)N1CCC(NC(CN(C)C)C(C)C)CC1. The van der Waals surface area contributed by atoms with Crippen LogP contribution < -0.4 is 5.32 Å². The summed E-state index contributed by atoms with van der Waals surface area (Å²) in [5.74, 6) is 0.848. The fraction of sp³-hybridized carbons (Fsp3) is 0.929. The molecule has 1 heterocycles. The molecule has 1 aliphatic heterocycles. The van der Waals surface area contributed by atoms with Gasteiger partial charge in [-0.2, -0.15) is 0 Å². The molecular weight excluding hydrogens is 226 g/mol. The second kappa shape index (κ2) is 7.10. The third kappa shape index (κ3) is 4.94. The first kappa shape index (κ1) is 15.4. The number of hydrogen-bond donors (Lipinski definition) is 1. The summed E-state index contributed by atoms with van der Waals surface area (Å²) in [5.41, 5.74) is 0. The molecule has 1 amide bonds. The maximum atomic E-state index is 11.3. The number of nitrogens with zero attached hydrogens (tertiary/aromatic N) is 2. The number of carbonyl (C=O) groups is 1. The predicted octanol–water partition coefficient (Wildman–Crippen LogP) is 1.17. The van der Waals surface area contributed by atoms with Gasteiger partial charge in [0.1, 0.15) is 0 Å². The number of rotatable bonds is 5. The number of likely N-dealkylation sites (N-methyl/N-ethyl adjacent to an activating group) is 1. The smallest absolute Gasteiger partial charge is 0.219 e. The lowest BCUT2D eigenvalue weighted by Gasteiger charge is -2.36. The molecule has 4 heteroatoms. The summed E-state index contributed by atoms with van der Waals surface area (Å²) in [4.78, 5) is 15.5. The van der Waals surface area contributed by atoms with E-state index >= 15 is 0 Å². The van der Waals surface area contributed by atoms with Crippen LogP contribution in [-0.4, -0.2) is 61.5 Å². The van der Waals surface area contributed by atoms with Gasteiger partial charge in [-0.05, 0) is 32.9 Å². The molecule has 1 rings (SSSR count). The molecule has 0 aromatic heterocycles. The Kier molecular flexibility index (Phi) is 6.09. The van der Waals surface area contributed by atoms with Crippen LogP contribution in [0.2, 0.25) is 0 Å². The van der Waals surface area contributed by atoms with E-state index in [0.29, 0.717) is 18.0 Å². The monoisotopic (exact) mass is 255 g/mol. The quantitative estimate of drug-likeness (QED) is 0.801. The minimum absolute atomic E-state index is 0.210. The molecule has 0 aromatic rings. The third-order valence-electron chi connectivity index (χ3n) is 3.76. The van der Waals surface area contributed by atoms with Gasteiger partial charge in [0, 0.05) is 38.6 Å². The van der Waals surface area contributed by atoms with Crippen LogP contribution in [0, 0.1) is 5.92 Å². The molecule has 0 aromatic carbocycles. The van der Waals surface area contributed by atoms with Crippen molar-refractivity contribution >= 4 is 5.91 Å². The molecule has 0 aliphatic carbocycles. The summed E-state index contributed by atoms with van der Waals surface area (Å²) in [5, 5.41) is 3.77. The Balaban J connectivity index is 2.40. The standard InChI is InChI=1S/C14H29N3O/c1-11(2)14(10-16(4)5)15-13-6-8-17(9-7-13)12(3)18/h11,13-15H,6-10H2,1-5H3. The van der Waals surface area contributed by atoms with Gasteiger partial charge in [0.15, 0.2) is 0 Å². The van der Waals surface area contributed by atoms with E-state index in [1.807, 2.05) is 4.90 Å². The Morgan fingerprint density at radius 1 is 1.33 bits per heavy atom. The second-order valence-corrected chi connectivity index (χ2v) is 6.06. The van der Waals surface area contributed by atoms with Crippen molar-refractivity contribution in [3.05, 3.63) is 0 Å². The topological polar surface area (TPSA) is 35.6 Å². The van der Waals surface area contributed by atoms with E-state index in [1.54, 1.807) is 6.92 Å². The molecule has 0 saturated carbocycles. The number of nitrogens with one attached hydrogen (secondary N) is 1. The largest absolute Gasteiger partial charge is 0.343 e. The zero-order valence-electron chi connectivity index (χ0n) is 12.6. The minimum Gasteiger partial charge on any atom is -0.343 e. The minimum atomic E-state index is 0.210. The fourth-order valence-electron chi connectivity index (χ4n) is 2.51. The van der Waals surface area contributed by atoms with Crippen molar-refractivity contribution in [2.75, 3.05) is 33.7 Å². The molecule has 0 radical (unpaired) electrons. The van der Waals surface area contributed by atoms with Crippen molar-refractivity contribution < 1.29 is 4.79 Å². The summed E-state index contributed by atoms with van der Waals surface area (Å²) in [6.45, 7) is 9.08. The van der Waals surface area contributed by atoms with E-state index in [9.17, 15) is 4.79 Å². The number of hydrogen-bond acceptors (Lipinski definition) is 3. The molecule has 18 heavy (non-hydrogen) atoms. The predicted molar refractivity (Wildman–Crippen MR) is 75.6 cm³/mol. The van der Waals surface area contributed by atoms with Gasteiger partial charge in [0.25, 0.3) is 0 Å². The third-order valence-corrected chi connectivity index (χ3v) is 3.76. The molecule has 106 valence electrons. The van der Waals surface area contributed by atoms with Gasteiger partial charge in [-0.15, -0.1) is 0 Å². The number of piperidine rings is 1. The highest BCUT2D eigenvalue weighted by atomic mass is 16.2. The van der Waals surface area contributed by atoms with E-state index in [2.05, 4.69) is 38.2 Å². The van der Waals surface area contributed by atoms with Crippen LogP contribution >= 0.6 is 0 Å². The maximum Gasteiger partial charge on any atom is 0.219 e. The lowest BCUT2D eigenvalue weighted by molar-refractivity contribution is -0.129. The molecule has 1 aliphatic rings. The Bertz CT molecular complexity index is 258. The molecule has 1 unspecified atom stereocenters. The normalized spacial score (nSPS) is 19.6.